The number of Topliss-reactive ketones (excluding diaryl/α,β-unsaturated/α-hetero) is 3. The van der Waals surface area contributed by atoms with E-state index in [1.807, 2.05) is 150 Å². The predicted molar refractivity (Wildman–Crippen MR) is 548 cm³/mol. The molecule has 2 fully saturated rings. The molecule has 0 spiro atoms. The molecule has 0 radical (unpaired) electrons. The van der Waals surface area contributed by atoms with Gasteiger partial charge in [-0.2, -0.15) is 39.5 Å². The number of carbonyl (C=O) groups is 6. The fourth-order valence-corrected chi connectivity index (χ4v) is 18.6. The van der Waals surface area contributed by atoms with Crippen molar-refractivity contribution in [3.8, 4) is 55.6 Å². The molecule has 14 aromatic carbocycles. The van der Waals surface area contributed by atoms with Crippen LogP contribution in [0.5, 0.6) is 0 Å². The summed E-state index contributed by atoms with van der Waals surface area (Å²) in [7, 11) is 0. The summed E-state index contributed by atoms with van der Waals surface area (Å²) in [5.41, 5.74) is 19.8. The summed E-state index contributed by atoms with van der Waals surface area (Å²) in [6.45, 7) is 21.1. The molecule has 22 heteroatoms. The predicted octanol–water partition coefficient (Wildman–Crippen LogP) is 29.6. The van der Waals surface area contributed by atoms with E-state index in [0.29, 0.717) is 109 Å². The molecular weight excluding hydrogens is 1840 g/mol. The van der Waals surface area contributed by atoms with Crippen molar-refractivity contribution in [1.29, 1.82) is 0 Å². The molecule has 0 bridgehead atoms. The Kier molecular flexibility index (Phi) is 33.7. The maximum atomic E-state index is 13.8. The van der Waals surface area contributed by atoms with Gasteiger partial charge in [0.05, 0.1) is 46.6 Å². The van der Waals surface area contributed by atoms with Gasteiger partial charge in [0.1, 0.15) is 11.6 Å². The van der Waals surface area contributed by atoms with Gasteiger partial charge in [0, 0.05) is 73.9 Å². The number of carboxylic acid groups (broad SMARTS) is 3. The van der Waals surface area contributed by atoms with Gasteiger partial charge < -0.3 is 29.9 Å². The lowest BCUT2D eigenvalue weighted by Crippen LogP contribution is -2.37. The molecule has 12 nitrogen and oxygen atoms in total. The highest BCUT2D eigenvalue weighted by Gasteiger charge is 2.35. The van der Waals surface area contributed by atoms with E-state index in [9.17, 15) is 88.0 Å². The molecule has 0 aromatic heterocycles. The molecule has 0 aliphatic carbocycles. The van der Waals surface area contributed by atoms with Crippen LogP contribution in [0.25, 0.3) is 55.6 Å². The number of ketones is 3. The molecule has 2 aliphatic rings. The number of aryl methyl sites for hydroxylation is 7. The van der Waals surface area contributed by atoms with Gasteiger partial charge in [-0.05, 0) is 289 Å². The van der Waals surface area contributed by atoms with E-state index in [2.05, 4.69) is 60.9 Å². The van der Waals surface area contributed by atoms with Gasteiger partial charge in [-0.3, -0.25) is 14.4 Å². The van der Waals surface area contributed by atoms with Gasteiger partial charge in [0.2, 0.25) is 0 Å². The number of carboxylic acids is 3. The summed E-state index contributed by atoms with van der Waals surface area (Å²) in [6.07, 6.45) is -8.79. The summed E-state index contributed by atoms with van der Waals surface area (Å²) in [6, 6.07) is 86.7. The van der Waals surface area contributed by atoms with E-state index in [1.165, 1.54) is 54.1 Å². The molecule has 0 atom stereocenters. The minimum absolute atomic E-state index is 0.0299. The summed E-state index contributed by atoms with van der Waals surface area (Å²) in [5.74, 6) is -4.03. The van der Waals surface area contributed by atoms with Crippen LogP contribution in [0.15, 0.2) is 303 Å². The van der Waals surface area contributed by atoms with Crippen LogP contribution in [-0.4, -0.2) is 90.0 Å². The highest BCUT2D eigenvalue weighted by Crippen LogP contribution is 2.42. The SMILES string of the molecule is CC(C)c1cc(CC(=O)c2ccc(-c3ccc(F)cc3)cc2)c(C(=O)O)cc1-c1ccc(CCc2cccc(C(F)(F)F)c2)cc1.CC(C)c1cc(CC(=O)c2ccc(N3CCOCC3)cc2)c(C(=O)O)cc1-c1ccc(CCc2cccc(C(F)(F)F)c2)cc1.Cc1cccc(-c2cc(CC(=O)C3CCN(c4ccc(C(C)(C)C)cc4)CC3)c(C(=O)O)cc2-c2ccc(CCc3cccc(C(F)(F)F)c3)cc2)c1. The Morgan fingerprint density at radius 3 is 1.05 bits per heavy atom. The number of anilines is 2. The van der Waals surface area contributed by atoms with Crippen molar-refractivity contribution in [1.82, 2.24) is 0 Å². The Bertz CT molecular complexity index is 6910. The van der Waals surface area contributed by atoms with E-state index in [1.54, 1.807) is 91.0 Å². The molecule has 2 aliphatic heterocycles. The molecule has 0 saturated carbocycles. The first-order chi connectivity index (χ1) is 68.5. The lowest BCUT2D eigenvalue weighted by molar-refractivity contribution is -0.138. The quantitative estimate of drug-likeness (QED) is 0.0287. The summed E-state index contributed by atoms with van der Waals surface area (Å²) < 4.78 is 137. The summed E-state index contributed by atoms with van der Waals surface area (Å²) in [5, 5.41) is 30.6. The number of hydrogen-bond donors (Lipinski definition) is 3. The Balaban J connectivity index is 0.000000172. The fraction of sp³-hybridized carbons (Fsp3) is 0.262. The van der Waals surface area contributed by atoms with E-state index >= 15 is 0 Å². The third-order valence-corrected chi connectivity index (χ3v) is 26.8. The maximum Gasteiger partial charge on any atom is 0.416 e. The monoisotopic (exact) mass is 1960 g/mol. The van der Waals surface area contributed by atoms with Crippen molar-refractivity contribution >= 4 is 46.6 Å². The van der Waals surface area contributed by atoms with Crippen molar-refractivity contribution in [3.05, 3.63) is 426 Å². The number of rotatable bonds is 30. The van der Waals surface area contributed by atoms with Crippen LogP contribution in [0.4, 0.5) is 55.3 Å². The number of piperidine rings is 1. The van der Waals surface area contributed by atoms with Crippen molar-refractivity contribution in [3.63, 3.8) is 0 Å². The zero-order valence-corrected chi connectivity index (χ0v) is 81.5. The van der Waals surface area contributed by atoms with Crippen molar-refractivity contribution in [2.45, 2.75) is 162 Å². The van der Waals surface area contributed by atoms with Crippen LogP contribution in [0, 0.1) is 18.7 Å². The highest BCUT2D eigenvalue weighted by atomic mass is 19.4. The number of nitrogens with zero attached hydrogens (tertiary/aromatic N) is 2. The topological polar surface area (TPSA) is 179 Å². The molecule has 0 unspecified atom stereocenters. The second-order valence-electron chi connectivity index (χ2n) is 38.7. The molecule has 144 heavy (non-hydrogen) atoms. The fourth-order valence-electron chi connectivity index (χ4n) is 18.6. The van der Waals surface area contributed by atoms with E-state index in [-0.39, 0.29) is 82.3 Å². The largest absolute Gasteiger partial charge is 0.478 e. The molecule has 742 valence electrons. The van der Waals surface area contributed by atoms with Crippen molar-refractivity contribution in [2.75, 3.05) is 49.2 Å². The lowest BCUT2D eigenvalue weighted by atomic mass is 9.84. The molecule has 2 heterocycles. The number of morpholine rings is 1. The van der Waals surface area contributed by atoms with E-state index in [0.717, 1.165) is 145 Å². The van der Waals surface area contributed by atoms with Gasteiger partial charge in [0.25, 0.3) is 0 Å². The Morgan fingerprint density at radius 2 is 0.674 bits per heavy atom. The minimum atomic E-state index is -4.39. The standard InChI is InChI=1S/C46H46F3NO3.C39H32F4O3.C37H36F3NO4/c1-30-7-5-9-35(25-30)40-27-36(28-43(51)34-21-23-50(24-22-34)39-19-17-37(18-20-39)45(2,3)4)42(44(52)53)29-41(40)33-15-13-31(14-16-33)11-12-32-8-6-10-38(26-32)46(47,48)49;1-24(2)34-21-31(22-37(44)30-14-12-27(13-15-30)28-16-18-33(40)19-17-28)36(38(45)46)23-35(34)29-10-8-25(9-11-29)6-7-26-4-3-5-32(20-26)39(41,42)43;1-24(2)32-21-29(22-35(42)28-12-14-31(15-13-28)41-16-18-45-19-17-41)34(36(43)44)23-33(32)27-10-8-25(9-11-27)6-7-26-4-3-5-30(20-26)37(38,39)40/h5-10,13-20,25-27,29,34H,11-12,21-24,28H2,1-4H3,(H,52,53);3-5,8-21,23-24H,6-7,22H2,1-2H3,(H,45,46);3-5,8-15,20-21,23-24H,6-7,16-19,22H2,1-2H3,(H,43,44). The molecule has 0 amide bonds. The van der Waals surface area contributed by atoms with E-state index in [4.69, 9.17) is 4.74 Å². The number of ether oxygens (including phenoxy) is 1. The Hall–Kier alpha value is -14.6. The van der Waals surface area contributed by atoms with Crippen LogP contribution in [0.1, 0.15) is 214 Å². The van der Waals surface area contributed by atoms with Crippen LogP contribution >= 0.6 is 0 Å². The number of benzene rings is 14. The average Bonchev–Trinajstić information content (AvgIpc) is 0.775. The number of hydrogen-bond acceptors (Lipinski definition) is 9. The zero-order valence-electron chi connectivity index (χ0n) is 81.5. The number of alkyl halides is 9. The highest BCUT2D eigenvalue weighted by molar-refractivity contribution is 6.03. The van der Waals surface area contributed by atoms with E-state index < -0.39 is 53.1 Å². The minimum Gasteiger partial charge on any atom is -0.478 e. The van der Waals surface area contributed by atoms with Crippen LogP contribution in [0.2, 0.25) is 0 Å². The molecule has 16 rings (SSSR count). The van der Waals surface area contributed by atoms with Gasteiger partial charge in [-0.1, -0.05) is 266 Å². The number of aromatic carboxylic acids is 3. The third kappa shape index (κ3) is 27.4. The second kappa shape index (κ2) is 46.2. The zero-order chi connectivity index (χ0) is 103. The molecule has 3 N–H and O–H groups in total. The smallest absolute Gasteiger partial charge is 0.416 e. The first kappa shape index (κ1) is 105. The third-order valence-electron chi connectivity index (χ3n) is 26.8. The number of halogens is 10. The van der Waals surface area contributed by atoms with Crippen LogP contribution in [0.3, 0.4) is 0 Å². The summed E-state index contributed by atoms with van der Waals surface area (Å²) in [4.78, 5) is 82.4. The van der Waals surface area contributed by atoms with Gasteiger partial charge in [-0.15, -0.1) is 0 Å². The first-order valence-corrected chi connectivity index (χ1v) is 48.3. The Morgan fingerprint density at radius 1 is 0.340 bits per heavy atom. The first-order valence-electron chi connectivity index (χ1n) is 48.3. The van der Waals surface area contributed by atoms with Crippen molar-refractivity contribution in [2.24, 2.45) is 5.92 Å². The van der Waals surface area contributed by atoms with Gasteiger partial charge in [0.15, 0.2) is 11.6 Å². The van der Waals surface area contributed by atoms with Crippen molar-refractivity contribution < 1.29 is 92.7 Å². The average molecular weight is 1960 g/mol. The lowest BCUT2D eigenvalue weighted by Gasteiger charge is -2.33. The Labute approximate surface area is 833 Å². The number of carbonyl (C=O) groups excluding carboxylic acids is 3. The summed E-state index contributed by atoms with van der Waals surface area (Å²) >= 11 is 0. The van der Waals surface area contributed by atoms with Crippen LogP contribution < -0.4 is 9.80 Å². The van der Waals surface area contributed by atoms with Gasteiger partial charge >= 0.3 is 36.4 Å². The van der Waals surface area contributed by atoms with Gasteiger partial charge in [-0.25, -0.2) is 18.8 Å². The molecule has 2 saturated heterocycles. The second-order valence-corrected chi connectivity index (χ2v) is 38.7. The molecule has 14 aromatic rings. The molecular formula is C122H114F10N2O10. The maximum absolute atomic E-state index is 13.8. The normalized spacial score (nSPS) is 13.1. The van der Waals surface area contributed by atoms with Crippen LogP contribution in [-0.2, 0) is 91.3 Å².